The molecule has 1 radical (unpaired) electrons. The van der Waals surface area contributed by atoms with E-state index in [1.54, 1.807) is 12.1 Å². The van der Waals surface area contributed by atoms with Crippen LogP contribution >= 0.6 is 0 Å². The predicted octanol–water partition coefficient (Wildman–Crippen LogP) is 15.7. The first kappa shape index (κ1) is 43.8. The maximum absolute atomic E-state index is 13.6. The average molecular weight is 1070 g/mol. The van der Waals surface area contributed by atoms with Gasteiger partial charge in [-0.1, -0.05) is 171 Å². The van der Waals surface area contributed by atoms with Crippen molar-refractivity contribution < 1.29 is 30.3 Å². The Bertz CT molecular complexity index is 3490. The number of hydrogen-bond donors (Lipinski definition) is 0. The molecular weight excluding hydrogens is 1020 g/mol. The molecule has 0 fully saturated rings. The van der Waals surface area contributed by atoms with E-state index in [1.165, 1.54) is 17.3 Å². The summed E-state index contributed by atoms with van der Waals surface area (Å²) in [5.41, 5.74) is 14.4. The van der Waals surface area contributed by atoms with Gasteiger partial charge in [-0.15, -0.1) is 54.1 Å². The van der Waals surface area contributed by atoms with E-state index in [0.717, 1.165) is 94.7 Å². The van der Waals surface area contributed by atoms with Gasteiger partial charge in [0.15, 0.2) is 0 Å². The number of pyridine rings is 1. The van der Waals surface area contributed by atoms with Crippen LogP contribution in [0.25, 0.3) is 94.7 Å². The molecule has 0 aliphatic heterocycles. The molecule has 0 amide bonds. The third kappa shape index (κ3) is 8.98. The number of benzene rings is 8. The molecule has 11 aromatic rings. The van der Waals surface area contributed by atoms with E-state index in [0.29, 0.717) is 5.58 Å². The van der Waals surface area contributed by atoms with Gasteiger partial charge in [0.1, 0.15) is 11.4 Å². The Morgan fingerprint density at radius 1 is 0.642 bits per heavy atom. The Kier molecular flexibility index (Phi) is 12.5. The van der Waals surface area contributed by atoms with Crippen LogP contribution in [0, 0.1) is 17.9 Å². The van der Waals surface area contributed by atoms with Crippen molar-refractivity contribution in [2.45, 2.75) is 39.4 Å². The van der Waals surface area contributed by atoms with E-state index in [4.69, 9.17) is 10.8 Å². The van der Waals surface area contributed by atoms with E-state index in [2.05, 4.69) is 144 Å². The quantitative estimate of drug-likeness (QED) is 0.112. The molecule has 0 aliphatic carbocycles. The Labute approximate surface area is 407 Å². The molecule has 3 aromatic heterocycles. The average Bonchev–Trinajstić information content (AvgIpc) is 3.93. The smallest absolute Gasteiger partial charge is 0.123 e. The number of halogens is 1. The van der Waals surface area contributed by atoms with Crippen molar-refractivity contribution in [1.29, 1.82) is 0 Å². The van der Waals surface area contributed by atoms with Crippen LogP contribution in [0.2, 0.25) is 19.6 Å². The van der Waals surface area contributed by atoms with Gasteiger partial charge in [0.2, 0.25) is 0 Å². The molecule has 11 rings (SSSR count). The molecular formula is C60H48FIrN3OSi-2. The van der Waals surface area contributed by atoms with E-state index in [9.17, 15) is 4.39 Å². The van der Waals surface area contributed by atoms with Crippen LogP contribution in [0.15, 0.2) is 199 Å². The second kappa shape index (κ2) is 19.1. The molecule has 8 aromatic carbocycles. The third-order valence-corrected chi connectivity index (χ3v) is 14.1. The first-order chi connectivity index (χ1) is 32.4. The van der Waals surface area contributed by atoms with Crippen molar-refractivity contribution in [1.82, 2.24) is 14.5 Å². The first-order valence-corrected chi connectivity index (χ1v) is 25.8. The molecule has 4 nitrogen and oxygen atoms in total. The van der Waals surface area contributed by atoms with Crippen LogP contribution in [0.3, 0.4) is 0 Å². The molecule has 0 bridgehead atoms. The van der Waals surface area contributed by atoms with Crippen molar-refractivity contribution in [2.24, 2.45) is 0 Å². The van der Waals surface area contributed by atoms with Crippen molar-refractivity contribution >= 4 is 46.2 Å². The van der Waals surface area contributed by atoms with Crippen LogP contribution in [-0.4, -0.2) is 22.6 Å². The molecule has 3 heterocycles. The molecule has 0 unspecified atom stereocenters. The van der Waals surface area contributed by atoms with Crippen molar-refractivity contribution in [3.63, 3.8) is 0 Å². The summed E-state index contributed by atoms with van der Waals surface area (Å²) in [6, 6.07) is 69.0. The number of nitrogens with zero attached hydrogens (tertiary/aromatic N) is 3. The summed E-state index contributed by atoms with van der Waals surface area (Å²) in [5.74, 6) is -0.122. The van der Waals surface area contributed by atoms with Crippen LogP contribution < -0.4 is 5.19 Å². The van der Waals surface area contributed by atoms with E-state index in [1.807, 2.05) is 80.7 Å². The molecule has 0 N–H and O–H groups in total. The molecule has 0 saturated heterocycles. The summed E-state index contributed by atoms with van der Waals surface area (Å²) in [5, 5.41) is 3.26. The number of para-hydroxylation sites is 3. The van der Waals surface area contributed by atoms with Crippen molar-refractivity contribution in [2.75, 3.05) is 0 Å². The van der Waals surface area contributed by atoms with Crippen LogP contribution in [-0.2, 0) is 20.1 Å². The monoisotopic (exact) mass is 1070 g/mol. The Morgan fingerprint density at radius 2 is 1.30 bits per heavy atom. The minimum absolute atomic E-state index is 0. The molecule has 7 heteroatoms. The maximum atomic E-state index is 13.6. The van der Waals surface area contributed by atoms with Crippen LogP contribution in [0.5, 0.6) is 0 Å². The Morgan fingerprint density at radius 3 is 1.96 bits per heavy atom. The molecule has 0 saturated carbocycles. The third-order valence-electron chi connectivity index (χ3n) is 12.1. The van der Waals surface area contributed by atoms with Crippen molar-refractivity contribution in [3.05, 3.63) is 218 Å². The minimum atomic E-state index is -1.50. The largest absolute Gasteiger partial charge is 0.501 e. The summed E-state index contributed by atoms with van der Waals surface area (Å²) in [4.78, 5) is 9.87. The fourth-order valence-corrected chi connectivity index (χ4v) is 10.4. The van der Waals surface area contributed by atoms with E-state index >= 15 is 0 Å². The zero-order valence-electron chi connectivity index (χ0n) is 38.9. The minimum Gasteiger partial charge on any atom is -0.501 e. The number of fused-ring (bicyclic) bond motifs is 4. The van der Waals surface area contributed by atoms with E-state index < -0.39 is 14.0 Å². The molecule has 0 aliphatic rings. The molecule has 0 atom stereocenters. The first-order valence-electron chi connectivity index (χ1n) is 22.8. The van der Waals surface area contributed by atoms with Gasteiger partial charge in [-0.05, 0) is 69.4 Å². The second-order valence-electron chi connectivity index (χ2n) is 17.8. The summed E-state index contributed by atoms with van der Waals surface area (Å²) in [7, 11) is -1.50. The van der Waals surface area contributed by atoms with Gasteiger partial charge in [0.05, 0.1) is 36.2 Å². The maximum Gasteiger partial charge on any atom is 0.123 e. The Balaban J connectivity index is 0.000000232. The number of imidazole rings is 1. The number of hydrogen-bond acceptors (Lipinski definition) is 3. The number of aromatic nitrogens is 3. The van der Waals surface area contributed by atoms with Gasteiger partial charge in [-0.2, -0.15) is 0 Å². The van der Waals surface area contributed by atoms with Gasteiger partial charge >= 0.3 is 0 Å². The summed E-state index contributed by atoms with van der Waals surface area (Å²) in [6.45, 7) is 10.8. The fraction of sp³-hybridized carbons (Fsp3) is 0.100. The standard InChI is InChI=1S/C43H26FN2O.C17H22NSi.Ir/c44-32-24-21-28(22-25-32)31-23-26-35-36-17-10-18-37(42(36)47-40(35)27-31)43-45-38-19-7-8-20-39(38)46(43)41-33(29-11-3-1-4-12-29)15-9-16-34(41)30-13-5-2-6-14-30;1-13(2)15-11-16(14-9-7-6-8-10-14)18-12-17(15)19(3,4)5;/h1-17,19-27H;6-9,11-13H,1-5H3;/q2*-1;/i;13D;. The molecule has 0 spiro atoms. The zero-order valence-corrected chi connectivity index (χ0v) is 41.3. The topological polar surface area (TPSA) is 43.9 Å². The predicted molar refractivity (Wildman–Crippen MR) is 274 cm³/mol. The van der Waals surface area contributed by atoms with Crippen molar-refractivity contribution in [3.8, 4) is 61.7 Å². The van der Waals surface area contributed by atoms with Crippen LogP contribution in [0.4, 0.5) is 4.39 Å². The van der Waals surface area contributed by atoms with E-state index in [-0.39, 0.29) is 25.9 Å². The van der Waals surface area contributed by atoms with Gasteiger partial charge < -0.3 is 14.0 Å². The second-order valence-corrected chi connectivity index (χ2v) is 22.8. The SMILES string of the molecule is Fc1ccc(-c2ccc3c(c2)oc2c(-c4nc5ccccc5n4-c4c(-c5ccccc5)cccc4-c4ccccc4)[c-]ccc23)cc1.[2H]C(C)(C)c1cc(-c2[c-]cccc2)ncc1[Si](C)(C)C.[Ir]. The molecule has 331 valence electrons. The van der Waals surface area contributed by atoms with Gasteiger partial charge in [-0.3, -0.25) is 4.98 Å². The normalized spacial score (nSPS) is 11.8. The fourth-order valence-electron chi connectivity index (χ4n) is 8.80. The summed E-state index contributed by atoms with van der Waals surface area (Å²) >= 11 is 0. The van der Waals surface area contributed by atoms with Gasteiger partial charge in [0.25, 0.3) is 0 Å². The van der Waals surface area contributed by atoms with Crippen LogP contribution in [0.1, 0.15) is 26.7 Å². The van der Waals surface area contributed by atoms with Gasteiger partial charge in [-0.25, -0.2) is 4.39 Å². The number of rotatable bonds is 8. The molecule has 67 heavy (non-hydrogen) atoms. The number of furan rings is 1. The zero-order chi connectivity index (χ0) is 46.3. The Hall–Kier alpha value is -7.02. The summed E-state index contributed by atoms with van der Waals surface area (Å²) < 4.78 is 31.0. The van der Waals surface area contributed by atoms with Gasteiger partial charge in [0, 0.05) is 44.2 Å². The summed E-state index contributed by atoms with van der Waals surface area (Å²) in [6.07, 6.45) is 1.98.